The molecule has 32 heavy (non-hydrogen) atoms. The molecule has 0 amide bonds. The zero-order valence-electron chi connectivity index (χ0n) is 17.4. The summed E-state index contributed by atoms with van der Waals surface area (Å²) in [5.74, 6) is 0. The van der Waals surface area contributed by atoms with E-state index in [0.717, 1.165) is 33.1 Å². The fraction of sp³-hybridized carbons (Fsp3) is 0.0870. The van der Waals surface area contributed by atoms with E-state index in [2.05, 4.69) is 59.8 Å². The van der Waals surface area contributed by atoms with E-state index >= 15 is 0 Å². The van der Waals surface area contributed by atoms with Gasteiger partial charge in [-0.15, -0.1) is 0 Å². The van der Waals surface area contributed by atoms with Gasteiger partial charge in [-0.2, -0.15) is 0 Å². The predicted octanol–water partition coefficient (Wildman–Crippen LogP) is 6.06. The number of imidazole rings is 1. The fourth-order valence-corrected chi connectivity index (χ4v) is 3.88. The minimum absolute atomic E-state index is 0.495. The van der Waals surface area contributed by atoms with Crippen LogP contribution in [0.4, 0.5) is 0 Å². The van der Waals surface area contributed by atoms with Gasteiger partial charge in [-0.1, -0.05) is 59.4 Å². The number of halogens is 1. The van der Waals surface area contributed by atoms with E-state index in [4.69, 9.17) is 11.6 Å². The lowest BCUT2D eigenvalue weighted by molar-refractivity contribution is 0.971. The van der Waals surface area contributed by atoms with Crippen LogP contribution >= 0.6 is 35.1 Å². The summed E-state index contributed by atoms with van der Waals surface area (Å²) in [6, 6.07) is 20.0. The average Bonchev–Trinajstić information content (AvgIpc) is 3.28. The summed E-state index contributed by atoms with van der Waals surface area (Å²) < 4.78 is 2.09. The number of fused-ring (bicyclic) bond motifs is 1. The van der Waals surface area contributed by atoms with Crippen LogP contribution in [-0.4, -0.2) is 42.0 Å². The van der Waals surface area contributed by atoms with E-state index in [1.165, 1.54) is 11.8 Å². The van der Waals surface area contributed by atoms with Gasteiger partial charge in [-0.3, -0.25) is 4.57 Å². The van der Waals surface area contributed by atoms with Gasteiger partial charge in [-0.25, -0.2) is 24.9 Å². The molecule has 9 heteroatoms. The van der Waals surface area contributed by atoms with Crippen molar-refractivity contribution >= 4 is 46.2 Å². The highest BCUT2D eigenvalue weighted by atomic mass is 35.5. The third-order valence-electron chi connectivity index (χ3n) is 4.48. The van der Waals surface area contributed by atoms with Crippen molar-refractivity contribution < 1.29 is 0 Å². The topological polar surface area (TPSA) is 69.4 Å². The smallest absolute Gasteiger partial charge is 0.188 e. The van der Waals surface area contributed by atoms with Crippen molar-refractivity contribution in [3.05, 3.63) is 84.5 Å². The van der Waals surface area contributed by atoms with Crippen LogP contribution in [0, 0.1) is 0 Å². The lowest BCUT2D eigenvalue weighted by Gasteiger charge is -2.05. The van der Waals surface area contributed by atoms with Gasteiger partial charge in [0.25, 0.3) is 0 Å². The van der Waals surface area contributed by atoms with E-state index in [9.17, 15) is 0 Å². The molecule has 0 spiro atoms. The molecule has 0 aliphatic carbocycles. The summed E-state index contributed by atoms with van der Waals surface area (Å²) in [4.78, 5) is 21.1. The second-order valence-corrected chi connectivity index (χ2v) is 8.38. The Morgan fingerprint density at radius 1 is 0.781 bits per heavy atom. The minimum Gasteiger partial charge on any atom is -0.299 e. The number of nitrogens with zero attached hydrogens (tertiary/aromatic N) is 6. The van der Waals surface area contributed by atoms with Crippen molar-refractivity contribution in [3.8, 4) is 16.9 Å². The lowest BCUT2D eigenvalue weighted by Crippen LogP contribution is -1.91. The molecule has 0 aliphatic heterocycles. The molecule has 5 rings (SSSR count). The largest absolute Gasteiger partial charge is 0.299 e. The number of rotatable bonds is 4. The predicted molar refractivity (Wildman–Crippen MR) is 133 cm³/mol. The summed E-state index contributed by atoms with van der Waals surface area (Å²) in [5.41, 5.74) is 5.11. The van der Waals surface area contributed by atoms with Crippen LogP contribution < -0.4 is 0 Å². The highest BCUT2D eigenvalue weighted by Crippen LogP contribution is 2.25. The molecule has 0 radical (unpaired) electrons. The van der Waals surface area contributed by atoms with Crippen LogP contribution in [0.2, 0.25) is 5.15 Å². The SMILES string of the molecule is CSc1nccc(-c2ccc3c(c2)ncn3-c2ccccc2)n1.CSc1nccc(Cl)n1. The highest BCUT2D eigenvalue weighted by molar-refractivity contribution is 7.98. The Bertz CT molecular complexity index is 1330. The van der Waals surface area contributed by atoms with Crippen molar-refractivity contribution in [2.45, 2.75) is 10.3 Å². The third-order valence-corrected chi connectivity index (χ3v) is 5.81. The van der Waals surface area contributed by atoms with Gasteiger partial charge in [0, 0.05) is 23.6 Å². The number of aromatic nitrogens is 6. The van der Waals surface area contributed by atoms with Gasteiger partial charge < -0.3 is 0 Å². The molecule has 0 bridgehead atoms. The molecule has 0 N–H and O–H groups in total. The van der Waals surface area contributed by atoms with Crippen LogP contribution in [0.3, 0.4) is 0 Å². The molecule has 160 valence electrons. The molecule has 0 saturated heterocycles. The summed E-state index contributed by atoms with van der Waals surface area (Å²) in [5, 5.41) is 1.98. The maximum absolute atomic E-state index is 5.56. The van der Waals surface area contributed by atoms with E-state index in [1.54, 1.807) is 30.2 Å². The van der Waals surface area contributed by atoms with Crippen LogP contribution in [-0.2, 0) is 0 Å². The maximum atomic E-state index is 5.56. The van der Waals surface area contributed by atoms with Gasteiger partial charge >= 0.3 is 0 Å². The van der Waals surface area contributed by atoms with Crippen LogP contribution in [0.5, 0.6) is 0 Å². The highest BCUT2D eigenvalue weighted by Gasteiger charge is 2.08. The molecule has 0 unspecified atom stereocenters. The quantitative estimate of drug-likeness (QED) is 0.177. The Kier molecular flexibility index (Phi) is 7.36. The van der Waals surface area contributed by atoms with Crippen molar-refractivity contribution in [2.75, 3.05) is 12.5 Å². The van der Waals surface area contributed by atoms with E-state index < -0.39 is 0 Å². The van der Waals surface area contributed by atoms with E-state index in [0.29, 0.717) is 10.3 Å². The molecule has 0 atom stereocenters. The summed E-state index contributed by atoms with van der Waals surface area (Å²) >= 11 is 8.58. The van der Waals surface area contributed by atoms with Crippen molar-refractivity contribution in [2.24, 2.45) is 0 Å². The normalized spacial score (nSPS) is 10.6. The molecule has 3 heterocycles. The Balaban J connectivity index is 0.000000230. The molecule has 0 saturated carbocycles. The van der Waals surface area contributed by atoms with Gasteiger partial charge in [-0.05, 0) is 48.9 Å². The molecule has 3 aromatic heterocycles. The monoisotopic (exact) mass is 478 g/mol. The van der Waals surface area contributed by atoms with Gasteiger partial charge in [0.2, 0.25) is 0 Å². The lowest BCUT2D eigenvalue weighted by atomic mass is 10.1. The average molecular weight is 479 g/mol. The molecule has 0 aliphatic rings. The second kappa shape index (κ2) is 10.6. The van der Waals surface area contributed by atoms with Crippen molar-refractivity contribution in [3.63, 3.8) is 0 Å². The van der Waals surface area contributed by atoms with E-state index in [-0.39, 0.29) is 0 Å². The maximum Gasteiger partial charge on any atom is 0.188 e. The number of thioether (sulfide) groups is 2. The summed E-state index contributed by atoms with van der Waals surface area (Å²) in [6.45, 7) is 0. The minimum atomic E-state index is 0.495. The first-order chi connectivity index (χ1) is 15.7. The molecule has 2 aromatic carbocycles. The Labute approximate surface area is 199 Å². The van der Waals surface area contributed by atoms with Crippen molar-refractivity contribution in [1.82, 2.24) is 29.5 Å². The van der Waals surface area contributed by atoms with Crippen LogP contribution in [0.25, 0.3) is 28.0 Å². The second-order valence-electron chi connectivity index (χ2n) is 6.45. The van der Waals surface area contributed by atoms with Crippen LogP contribution in [0.1, 0.15) is 0 Å². The first-order valence-electron chi connectivity index (χ1n) is 9.60. The number of benzene rings is 2. The Morgan fingerprint density at radius 2 is 1.50 bits per heavy atom. The standard InChI is InChI=1S/C18H14N4S.C5H5ClN2S/c1-23-18-19-10-9-15(21-18)13-7-8-17-16(11-13)20-12-22(17)14-5-3-2-4-6-14;1-9-5-7-3-2-4(6)8-5/h2-12H,1H3;2-3H,1H3. The zero-order valence-corrected chi connectivity index (χ0v) is 19.8. The van der Waals surface area contributed by atoms with Crippen LogP contribution in [0.15, 0.2) is 89.7 Å². The fourth-order valence-electron chi connectivity index (χ4n) is 2.98. The summed E-state index contributed by atoms with van der Waals surface area (Å²) in [6.07, 6.45) is 9.18. The number of hydrogen-bond acceptors (Lipinski definition) is 7. The van der Waals surface area contributed by atoms with Gasteiger partial charge in [0.1, 0.15) is 11.5 Å². The van der Waals surface area contributed by atoms with E-state index in [1.807, 2.05) is 43.1 Å². The third kappa shape index (κ3) is 5.27. The first kappa shape index (κ1) is 22.3. The molecular weight excluding hydrogens is 460 g/mol. The number of para-hydroxylation sites is 1. The van der Waals surface area contributed by atoms with Gasteiger partial charge in [0.15, 0.2) is 10.3 Å². The Hall–Kier alpha value is -2.94. The Morgan fingerprint density at radius 3 is 2.19 bits per heavy atom. The van der Waals surface area contributed by atoms with Gasteiger partial charge in [0.05, 0.1) is 16.7 Å². The molecule has 5 aromatic rings. The number of hydrogen-bond donors (Lipinski definition) is 0. The first-order valence-corrected chi connectivity index (χ1v) is 12.4. The molecular formula is C23H19ClN6S2. The molecule has 0 fully saturated rings. The molecule has 6 nitrogen and oxygen atoms in total. The summed E-state index contributed by atoms with van der Waals surface area (Å²) in [7, 11) is 0. The zero-order chi connectivity index (χ0) is 22.3. The van der Waals surface area contributed by atoms with Crippen molar-refractivity contribution in [1.29, 1.82) is 0 Å².